The molecule has 1 aliphatic carbocycles. The lowest BCUT2D eigenvalue weighted by Gasteiger charge is -2.52. The molecule has 0 saturated heterocycles. The molecular weight excluding hydrogens is 226 g/mol. The normalized spacial score (nSPS) is 30.0. The Morgan fingerprint density at radius 3 is 2.50 bits per heavy atom. The second kappa shape index (κ2) is 5.89. The summed E-state index contributed by atoms with van der Waals surface area (Å²) in [5.41, 5.74) is -0.440. The zero-order valence-corrected chi connectivity index (χ0v) is 12.9. The Labute approximate surface area is 112 Å². The molecule has 3 unspecified atom stereocenters. The van der Waals surface area contributed by atoms with Crippen LogP contribution in [0, 0.1) is 11.3 Å². The lowest BCUT2D eigenvalue weighted by atomic mass is 9.64. The molecule has 1 saturated carbocycles. The maximum Gasteiger partial charge on any atom is 0.0746 e. The van der Waals surface area contributed by atoms with Crippen molar-refractivity contribution in [1.82, 2.24) is 5.32 Å². The van der Waals surface area contributed by atoms with E-state index in [1.54, 1.807) is 0 Å². The molecule has 3 heteroatoms. The quantitative estimate of drug-likeness (QED) is 0.736. The molecule has 1 fully saturated rings. The first kappa shape index (κ1) is 15.9. The third kappa shape index (κ3) is 3.94. The van der Waals surface area contributed by atoms with E-state index >= 15 is 0 Å². The van der Waals surface area contributed by atoms with Crippen molar-refractivity contribution in [2.75, 3.05) is 13.2 Å². The van der Waals surface area contributed by atoms with E-state index in [1.165, 1.54) is 0 Å². The van der Waals surface area contributed by atoms with Gasteiger partial charge in [0.1, 0.15) is 0 Å². The molecular formula is C15H31NO2. The van der Waals surface area contributed by atoms with E-state index < -0.39 is 5.60 Å². The third-order valence-electron chi connectivity index (χ3n) is 4.12. The van der Waals surface area contributed by atoms with Gasteiger partial charge in [-0.25, -0.2) is 0 Å². The highest BCUT2D eigenvalue weighted by Crippen LogP contribution is 2.42. The number of hydrogen-bond acceptors (Lipinski definition) is 3. The first-order valence-corrected chi connectivity index (χ1v) is 7.26. The number of hydrogen-bond donors (Lipinski definition) is 2. The molecule has 0 bridgehead atoms. The Morgan fingerprint density at radius 1 is 1.44 bits per heavy atom. The highest BCUT2D eigenvalue weighted by molar-refractivity contribution is 5.03. The van der Waals surface area contributed by atoms with Crippen molar-refractivity contribution in [3.05, 3.63) is 0 Å². The molecule has 0 spiro atoms. The summed E-state index contributed by atoms with van der Waals surface area (Å²) in [7, 11) is 0. The lowest BCUT2D eigenvalue weighted by Crippen LogP contribution is -2.62. The monoisotopic (exact) mass is 257 g/mol. The van der Waals surface area contributed by atoms with Crippen LogP contribution >= 0.6 is 0 Å². The van der Waals surface area contributed by atoms with E-state index in [0.29, 0.717) is 24.6 Å². The second-order valence-electron chi connectivity index (χ2n) is 7.03. The fraction of sp³-hybridized carbons (Fsp3) is 1.00. The SMILES string of the molecule is CCOC1CC(NCC(C)(O)CC(C)C)C1(C)C. The van der Waals surface area contributed by atoms with Crippen LogP contribution in [-0.2, 0) is 4.74 Å². The topological polar surface area (TPSA) is 41.5 Å². The minimum atomic E-state index is -0.610. The molecule has 108 valence electrons. The van der Waals surface area contributed by atoms with Gasteiger partial charge in [0.2, 0.25) is 0 Å². The second-order valence-corrected chi connectivity index (χ2v) is 7.03. The summed E-state index contributed by atoms with van der Waals surface area (Å²) in [5, 5.41) is 13.8. The van der Waals surface area contributed by atoms with Crippen LogP contribution in [0.5, 0.6) is 0 Å². The number of aliphatic hydroxyl groups is 1. The smallest absolute Gasteiger partial charge is 0.0746 e. The first-order valence-electron chi connectivity index (χ1n) is 7.26. The zero-order chi connectivity index (χ0) is 14.0. The molecule has 0 aromatic heterocycles. The molecule has 0 amide bonds. The van der Waals surface area contributed by atoms with Crippen LogP contribution in [0.3, 0.4) is 0 Å². The summed E-state index contributed by atoms with van der Waals surface area (Å²) >= 11 is 0. The standard InChI is InChI=1S/C15H31NO2/c1-7-18-13-8-12(14(13,4)5)16-10-15(6,17)9-11(2)3/h11-13,16-17H,7-10H2,1-6H3. The molecule has 0 aliphatic heterocycles. The summed E-state index contributed by atoms with van der Waals surface area (Å²) in [6.45, 7) is 14.2. The predicted octanol–water partition coefficient (Wildman–Crippen LogP) is 2.58. The average Bonchev–Trinajstić information content (AvgIpc) is 2.20. The Kier molecular flexibility index (Phi) is 5.22. The van der Waals surface area contributed by atoms with Crippen LogP contribution in [0.2, 0.25) is 0 Å². The van der Waals surface area contributed by atoms with Gasteiger partial charge in [-0.2, -0.15) is 0 Å². The van der Waals surface area contributed by atoms with Gasteiger partial charge in [-0.3, -0.25) is 0 Å². The van der Waals surface area contributed by atoms with E-state index in [4.69, 9.17) is 4.74 Å². The van der Waals surface area contributed by atoms with Gasteiger partial charge >= 0.3 is 0 Å². The third-order valence-corrected chi connectivity index (χ3v) is 4.12. The van der Waals surface area contributed by atoms with Crippen LogP contribution in [0.1, 0.15) is 54.4 Å². The Bertz CT molecular complexity index is 261. The number of rotatable bonds is 7. The molecule has 1 rings (SSSR count). The summed E-state index contributed by atoms with van der Waals surface area (Å²) in [4.78, 5) is 0. The van der Waals surface area contributed by atoms with Crippen LogP contribution in [0.15, 0.2) is 0 Å². The molecule has 3 atom stereocenters. The van der Waals surface area contributed by atoms with Gasteiger partial charge in [0.25, 0.3) is 0 Å². The summed E-state index contributed by atoms with van der Waals surface area (Å²) < 4.78 is 5.72. The first-order chi connectivity index (χ1) is 8.19. The van der Waals surface area contributed by atoms with Gasteiger partial charge in [-0.1, -0.05) is 27.7 Å². The minimum absolute atomic E-state index is 0.171. The van der Waals surface area contributed by atoms with Gasteiger partial charge in [-0.05, 0) is 32.6 Å². The lowest BCUT2D eigenvalue weighted by molar-refractivity contribution is -0.118. The van der Waals surface area contributed by atoms with Crippen LogP contribution in [-0.4, -0.2) is 36.0 Å². The molecule has 2 N–H and O–H groups in total. The van der Waals surface area contributed by atoms with Crippen molar-refractivity contribution in [2.45, 2.75) is 72.1 Å². The van der Waals surface area contributed by atoms with Crippen molar-refractivity contribution in [3.8, 4) is 0 Å². The fourth-order valence-corrected chi connectivity index (χ4v) is 3.01. The van der Waals surface area contributed by atoms with Gasteiger partial charge in [0, 0.05) is 24.6 Å². The van der Waals surface area contributed by atoms with Crippen LogP contribution in [0.25, 0.3) is 0 Å². The molecule has 3 nitrogen and oxygen atoms in total. The van der Waals surface area contributed by atoms with Crippen molar-refractivity contribution in [2.24, 2.45) is 11.3 Å². The van der Waals surface area contributed by atoms with Crippen LogP contribution < -0.4 is 5.32 Å². The van der Waals surface area contributed by atoms with Crippen molar-refractivity contribution < 1.29 is 9.84 Å². The maximum atomic E-state index is 10.3. The fourth-order valence-electron chi connectivity index (χ4n) is 3.01. The largest absolute Gasteiger partial charge is 0.389 e. The highest BCUT2D eigenvalue weighted by Gasteiger charge is 2.48. The van der Waals surface area contributed by atoms with Crippen molar-refractivity contribution in [1.29, 1.82) is 0 Å². The number of nitrogens with one attached hydrogen (secondary N) is 1. The van der Waals surface area contributed by atoms with E-state index in [0.717, 1.165) is 19.4 Å². The highest BCUT2D eigenvalue weighted by atomic mass is 16.5. The molecule has 0 aromatic rings. The molecule has 0 radical (unpaired) electrons. The summed E-state index contributed by atoms with van der Waals surface area (Å²) in [6, 6.07) is 0.452. The van der Waals surface area contributed by atoms with Gasteiger partial charge < -0.3 is 15.2 Å². The van der Waals surface area contributed by atoms with Crippen molar-refractivity contribution in [3.63, 3.8) is 0 Å². The van der Waals surface area contributed by atoms with Crippen molar-refractivity contribution >= 4 is 0 Å². The van der Waals surface area contributed by atoms with Crippen LogP contribution in [0.4, 0.5) is 0 Å². The summed E-state index contributed by atoms with van der Waals surface area (Å²) in [6.07, 6.45) is 2.25. The molecule has 0 heterocycles. The van der Waals surface area contributed by atoms with Gasteiger partial charge in [0.05, 0.1) is 11.7 Å². The number of ether oxygens (including phenoxy) is 1. The Morgan fingerprint density at radius 2 is 2.06 bits per heavy atom. The zero-order valence-electron chi connectivity index (χ0n) is 12.9. The Balaban J connectivity index is 2.37. The van der Waals surface area contributed by atoms with E-state index in [-0.39, 0.29) is 5.41 Å². The molecule has 1 aliphatic rings. The van der Waals surface area contributed by atoms with E-state index in [2.05, 4.69) is 33.0 Å². The predicted molar refractivity (Wildman–Crippen MR) is 75.7 cm³/mol. The average molecular weight is 257 g/mol. The molecule has 18 heavy (non-hydrogen) atoms. The van der Waals surface area contributed by atoms with Gasteiger partial charge in [0.15, 0.2) is 0 Å². The maximum absolute atomic E-state index is 10.3. The summed E-state index contributed by atoms with van der Waals surface area (Å²) in [5.74, 6) is 0.521. The van der Waals surface area contributed by atoms with Gasteiger partial charge in [-0.15, -0.1) is 0 Å². The minimum Gasteiger partial charge on any atom is -0.389 e. The molecule has 0 aromatic carbocycles. The van der Waals surface area contributed by atoms with E-state index in [9.17, 15) is 5.11 Å². The van der Waals surface area contributed by atoms with E-state index in [1.807, 2.05) is 13.8 Å². The Hall–Kier alpha value is -0.120.